The predicted octanol–water partition coefficient (Wildman–Crippen LogP) is 4.01. The van der Waals surface area contributed by atoms with E-state index in [1.807, 2.05) is 44.2 Å². The molecule has 0 aliphatic rings. The van der Waals surface area contributed by atoms with Crippen LogP contribution in [0.15, 0.2) is 40.9 Å². The van der Waals surface area contributed by atoms with Gasteiger partial charge in [-0.05, 0) is 54.8 Å². The molecule has 0 atom stereocenters. The Morgan fingerprint density at radius 3 is 2.70 bits per heavy atom. The summed E-state index contributed by atoms with van der Waals surface area (Å²) >= 11 is 3.39. The molecule has 0 amide bonds. The van der Waals surface area contributed by atoms with Crippen LogP contribution in [-0.2, 0) is 11.3 Å². The van der Waals surface area contributed by atoms with Crippen LogP contribution in [0, 0.1) is 13.8 Å². The molecule has 104 valence electrons. The third-order valence-electron chi connectivity index (χ3n) is 3.17. The minimum absolute atomic E-state index is 0.242. The van der Waals surface area contributed by atoms with Crippen LogP contribution in [0.5, 0.6) is 0 Å². The van der Waals surface area contributed by atoms with Gasteiger partial charge >= 0.3 is 5.97 Å². The maximum absolute atomic E-state index is 12.1. The average Bonchev–Trinajstić information content (AvgIpc) is 2.40. The molecule has 3 nitrogen and oxygen atoms in total. The lowest BCUT2D eigenvalue weighted by atomic mass is 10.0. The Labute approximate surface area is 126 Å². The number of halogens is 1. The zero-order valence-electron chi connectivity index (χ0n) is 11.4. The zero-order chi connectivity index (χ0) is 14.7. The Bertz CT molecular complexity index is 653. The summed E-state index contributed by atoms with van der Waals surface area (Å²) in [5.74, 6) is -0.349. The van der Waals surface area contributed by atoms with Gasteiger partial charge in [-0.2, -0.15) is 0 Å². The van der Waals surface area contributed by atoms with E-state index in [1.54, 1.807) is 6.07 Å². The topological polar surface area (TPSA) is 52.3 Å². The van der Waals surface area contributed by atoms with Crippen molar-refractivity contribution in [1.82, 2.24) is 0 Å². The molecule has 2 aromatic carbocycles. The largest absolute Gasteiger partial charge is 0.457 e. The molecule has 0 aliphatic carbocycles. The van der Waals surface area contributed by atoms with E-state index in [4.69, 9.17) is 10.5 Å². The Balaban J connectivity index is 2.13. The molecule has 0 aromatic heterocycles. The van der Waals surface area contributed by atoms with Crippen LogP contribution in [0.4, 0.5) is 5.69 Å². The Morgan fingerprint density at radius 2 is 2.00 bits per heavy atom. The third-order valence-corrected chi connectivity index (χ3v) is 3.66. The van der Waals surface area contributed by atoms with E-state index in [9.17, 15) is 4.79 Å². The molecule has 20 heavy (non-hydrogen) atoms. The number of hydrogen-bond acceptors (Lipinski definition) is 3. The third kappa shape index (κ3) is 3.39. The second-order valence-electron chi connectivity index (χ2n) is 4.72. The first-order valence-electron chi connectivity index (χ1n) is 6.25. The van der Waals surface area contributed by atoms with Gasteiger partial charge in [-0.15, -0.1) is 0 Å². The zero-order valence-corrected chi connectivity index (χ0v) is 13.0. The molecule has 0 spiro atoms. The van der Waals surface area contributed by atoms with E-state index in [1.165, 1.54) is 0 Å². The van der Waals surface area contributed by atoms with Crippen molar-refractivity contribution in [1.29, 1.82) is 0 Å². The number of hydrogen-bond donors (Lipinski definition) is 1. The molecule has 0 unspecified atom stereocenters. The average molecular weight is 334 g/mol. The van der Waals surface area contributed by atoms with Gasteiger partial charge < -0.3 is 10.5 Å². The van der Waals surface area contributed by atoms with Crippen molar-refractivity contribution in [3.05, 3.63) is 63.1 Å². The Kier molecular flexibility index (Phi) is 4.45. The minimum Gasteiger partial charge on any atom is -0.457 e. The number of aryl methyl sites for hydroxylation is 1. The maximum atomic E-state index is 12.1. The molecule has 0 aliphatic heterocycles. The number of carbonyl (C=O) groups excluding carboxylic acids is 1. The van der Waals surface area contributed by atoms with Crippen LogP contribution in [0.3, 0.4) is 0 Å². The van der Waals surface area contributed by atoms with Gasteiger partial charge in [0.1, 0.15) is 6.61 Å². The van der Waals surface area contributed by atoms with Crippen LogP contribution >= 0.6 is 15.9 Å². The van der Waals surface area contributed by atoms with Gasteiger partial charge in [0.05, 0.1) is 5.56 Å². The molecule has 0 bridgehead atoms. The van der Waals surface area contributed by atoms with Crippen LogP contribution in [0.1, 0.15) is 27.0 Å². The van der Waals surface area contributed by atoms with E-state index in [0.29, 0.717) is 11.3 Å². The van der Waals surface area contributed by atoms with E-state index in [0.717, 1.165) is 21.2 Å². The van der Waals surface area contributed by atoms with Crippen molar-refractivity contribution in [2.45, 2.75) is 20.5 Å². The molecule has 0 heterocycles. The lowest BCUT2D eigenvalue weighted by Gasteiger charge is -2.10. The highest BCUT2D eigenvalue weighted by atomic mass is 79.9. The van der Waals surface area contributed by atoms with E-state index in [2.05, 4.69) is 15.9 Å². The van der Waals surface area contributed by atoms with E-state index >= 15 is 0 Å². The van der Waals surface area contributed by atoms with Gasteiger partial charge in [0.15, 0.2) is 0 Å². The first-order valence-corrected chi connectivity index (χ1v) is 7.05. The van der Waals surface area contributed by atoms with Crippen LogP contribution in [-0.4, -0.2) is 5.97 Å². The fourth-order valence-electron chi connectivity index (χ4n) is 1.95. The number of esters is 1. The molecule has 0 saturated heterocycles. The van der Waals surface area contributed by atoms with Gasteiger partial charge in [-0.25, -0.2) is 4.79 Å². The van der Waals surface area contributed by atoms with E-state index < -0.39 is 0 Å². The van der Waals surface area contributed by atoms with Gasteiger partial charge in [0.25, 0.3) is 0 Å². The molecular formula is C16H16BrNO2. The van der Waals surface area contributed by atoms with Gasteiger partial charge in [-0.1, -0.05) is 28.1 Å². The van der Waals surface area contributed by atoms with Crippen LogP contribution in [0.2, 0.25) is 0 Å². The highest BCUT2D eigenvalue weighted by Crippen LogP contribution is 2.19. The highest BCUT2D eigenvalue weighted by molar-refractivity contribution is 9.10. The summed E-state index contributed by atoms with van der Waals surface area (Å²) in [6, 6.07) is 11.2. The fraction of sp³-hybridized carbons (Fsp3) is 0.188. The molecule has 4 heteroatoms. The summed E-state index contributed by atoms with van der Waals surface area (Å²) < 4.78 is 6.30. The number of nitrogen functional groups attached to an aromatic ring is 1. The van der Waals surface area contributed by atoms with Crippen molar-refractivity contribution in [3.63, 3.8) is 0 Å². The van der Waals surface area contributed by atoms with Crippen LogP contribution < -0.4 is 5.73 Å². The predicted molar refractivity (Wildman–Crippen MR) is 83.6 cm³/mol. The van der Waals surface area contributed by atoms with Crippen molar-refractivity contribution in [2.24, 2.45) is 0 Å². The molecule has 0 fully saturated rings. The SMILES string of the molecule is Cc1cc(N)cc(C(=O)OCc2cccc(Br)c2)c1C. The van der Waals surface area contributed by atoms with Crippen molar-refractivity contribution in [2.75, 3.05) is 5.73 Å². The summed E-state index contributed by atoms with van der Waals surface area (Å²) in [7, 11) is 0. The standard InChI is InChI=1S/C16H16BrNO2/c1-10-6-14(18)8-15(11(10)2)16(19)20-9-12-4-3-5-13(17)7-12/h3-8H,9,18H2,1-2H3. The number of benzene rings is 2. The number of ether oxygens (including phenoxy) is 1. The maximum Gasteiger partial charge on any atom is 0.338 e. The molecule has 0 radical (unpaired) electrons. The highest BCUT2D eigenvalue weighted by Gasteiger charge is 2.13. The summed E-state index contributed by atoms with van der Waals surface area (Å²) in [5, 5.41) is 0. The molecule has 2 rings (SSSR count). The minimum atomic E-state index is -0.349. The number of nitrogens with two attached hydrogens (primary N) is 1. The number of carbonyl (C=O) groups is 1. The van der Waals surface area contributed by atoms with Crippen molar-refractivity contribution in [3.8, 4) is 0 Å². The second-order valence-corrected chi connectivity index (χ2v) is 5.63. The normalized spacial score (nSPS) is 10.3. The monoisotopic (exact) mass is 333 g/mol. The van der Waals surface area contributed by atoms with Gasteiger partial charge in [0.2, 0.25) is 0 Å². The van der Waals surface area contributed by atoms with E-state index in [-0.39, 0.29) is 12.6 Å². The van der Waals surface area contributed by atoms with Crippen LogP contribution in [0.25, 0.3) is 0 Å². The molecule has 2 N–H and O–H groups in total. The summed E-state index contributed by atoms with van der Waals surface area (Å²) in [4.78, 5) is 12.1. The summed E-state index contributed by atoms with van der Waals surface area (Å²) in [5.41, 5.74) is 9.70. The van der Waals surface area contributed by atoms with Gasteiger partial charge in [-0.3, -0.25) is 0 Å². The first-order chi connectivity index (χ1) is 9.47. The number of rotatable bonds is 3. The lowest BCUT2D eigenvalue weighted by molar-refractivity contribution is 0.0471. The fourth-order valence-corrected chi connectivity index (χ4v) is 2.40. The number of anilines is 1. The Hall–Kier alpha value is -1.81. The molecule has 2 aromatic rings. The lowest BCUT2D eigenvalue weighted by Crippen LogP contribution is -2.09. The summed E-state index contributed by atoms with van der Waals surface area (Å²) in [6.07, 6.45) is 0. The first kappa shape index (κ1) is 14.6. The molecule has 0 saturated carbocycles. The quantitative estimate of drug-likeness (QED) is 0.682. The smallest absolute Gasteiger partial charge is 0.338 e. The summed E-state index contributed by atoms with van der Waals surface area (Å²) in [6.45, 7) is 4.06. The van der Waals surface area contributed by atoms with Crippen molar-refractivity contribution < 1.29 is 9.53 Å². The Morgan fingerprint density at radius 1 is 1.25 bits per heavy atom. The van der Waals surface area contributed by atoms with Gasteiger partial charge in [0, 0.05) is 10.2 Å². The molecular weight excluding hydrogens is 318 g/mol. The van der Waals surface area contributed by atoms with Crippen molar-refractivity contribution >= 4 is 27.6 Å². The second kappa shape index (κ2) is 6.09.